The molecule has 0 unspecified atom stereocenters. The Morgan fingerprint density at radius 3 is 2.81 bits per heavy atom. The molecule has 1 spiro atoms. The van der Waals surface area contributed by atoms with Crippen molar-refractivity contribution in [2.45, 2.75) is 32.6 Å². The first-order valence-electron chi connectivity index (χ1n) is 9.73. The minimum absolute atomic E-state index is 0.104. The Labute approximate surface area is 159 Å². The van der Waals surface area contributed by atoms with Crippen molar-refractivity contribution in [3.63, 3.8) is 0 Å². The Hall–Kier alpha value is -2.63. The molecule has 2 saturated heterocycles. The quantitative estimate of drug-likeness (QED) is 0.832. The fourth-order valence-electron chi connectivity index (χ4n) is 4.42. The molecule has 1 aromatic heterocycles. The lowest BCUT2D eigenvalue weighted by atomic mass is 9.78. The van der Waals surface area contributed by atoms with Crippen LogP contribution in [0.3, 0.4) is 0 Å². The Kier molecular flexibility index (Phi) is 4.72. The van der Waals surface area contributed by atoms with Gasteiger partial charge in [-0.15, -0.1) is 0 Å². The SMILES string of the molecule is CCCN1CCC[C@@]2(CCN(C(=O)c3conc3-c3ccccc3)C2)C1=O. The first-order valence-corrected chi connectivity index (χ1v) is 9.73. The minimum atomic E-state index is -0.410. The maximum absolute atomic E-state index is 13.1. The summed E-state index contributed by atoms with van der Waals surface area (Å²) in [5.41, 5.74) is 1.47. The van der Waals surface area contributed by atoms with Gasteiger partial charge in [-0.2, -0.15) is 0 Å². The normalized spacial score (nSPS) is 22.6. The number of aromatic nitrogens is 1. The second-order valence-electron chi connectivity index (χ2n) is 7.60. The molecule has 2 aromatic rings. The van der Waals surface area contributed by atoms with E-state index in [4.69, 9.17) is 4.52 Å². The van der Waals surface area contributed by atoms with Crippen LogP contribution < -0.4 is 0 Å². The molecular formula is C21H25N3O3. The van der Waals surface area contributed by atoms with E-state index >= 15 is 0 Å². The Morgan fingerprint density at radius 2 is 2.04 bits per heavy atom. The van der Waals surface area contributed by atoms with Crippen LogP contribution in [0.25, 0.3) is 11.3 Å². The highest BCUT2D eigenvalue weighted by molar-refractivity contribution is 6.00. The molecule has 3 heterocycles. The largest absolute Gasteiger partial charge is 0.363 e. The molecular weight excluding hydrogens is 342 g/mol. The van der Waals surface area contributed by atoms with E-state index in [1.54, 1.807) is 4.90 Å². The van der Waals surface area contributed by atoms with Crippen molar-refractivity contribution >= 4 is 11.8 Å². The van der Waals surface area contributed by atoms with E-state index in [-0.39, 0.29) is 11.8 Å². The molecule has 0 bridgehead atoms. The highest BCUT2D eigenvalue weighted by atomic mass is 16.5. The van der Waals surface area contributed by atoms with Gasteiger partial charge in [-0.3, -0.25) is 9.59 Å². The van der Waals surface area contributed by atoms with Crippen LogP contribution in [0.1, 0.15) is 43.0 Å². The van der Waals surface area contributed by atoms with Crippen molar-refractivity contribution in [1.82, 2.24) is 15.0 Å². The predicted octanol–water partition coefficient (Wildman–Crippen LogP) is 3.21. The second kappa shape index (κ2) is 7.18. The van der Waals surface area contributed by atoms with E-state index in [0.717, 1.165) is 44.3 Å². The standard InChI is InChI=1S/C21H25N3O3/c1-2-11-23-12-6-9-21(20(23)26)10-13-24(15-21)19(25)17-14-27-22-18(17)16-7-4-3-5-8-16/h3-5,7-8,14H,2,6,9-13,15H2,1H3/t21-/m0/s1. The van der Waals surface area contributed by atoms with Gasteiger partial charge in [0.2, 0.25) is 5.91 Å². The molecule has 2 fully saturated rings. The van der Waals surface area contributed by atoms with Crippen LogP contribution in [0.4, 0.5) is 0 Å². The van der Waals surface area contributed by atoms with Crippen LogP contribution in [-0.4, -0.2) is 52.9 Å². The van der Waals surface area contributed by atoms with Crippen LogP contribution in [0, 0.1) is 5.41 Å². The van der Waals surface area contributed by atoms with Gasteiger partial charge >= 0.3 is 0 Å². The maximum Gasteiger partial charge on any atom is 0.259 e. The molecule has 6 nitrogen and oxygen atoms in total. The number of carbonyl (C=O) groups excluding carboxylic acids is 2. The van der Waals surface area contributed by atoms with Gasteiger partial charge in [0.05, 0.1) is 5.41 Å². The molecule has 4 rings (SSSR count). The summed E-state index contributed by atoms with van der Waals surface area (Å²) in [5, 5.41) is 4.04. The van der Waals surface area contributed by atoms with E-state index in [9.17, 15) is 9.59 Å². The third kappa shape index (κ3) is 3.13. The smallest absolute Gasteiger partial charge is 0.259 e. The molecule has 0 saturated carbocycles. The van der Waals surface area contributed by atoms with E-state index in [2.05, 4.69) is 12.1 Å². The van der Waals surface area contributed by atoms with Crippen LogP contribution in [0.2, 0.25) is 0 Å². The van der Waals surface area contributed by atoms with Crippen LogP contribution in [-0.2, 0) is 4.79 Å². The molecule has 2 aliphatic heterocycles. The van der Waals surface area contributed by atoms with Crippen molar-refractivity contribution in [2.24, 2.45) is 5.41 Å². The number of likely N-dealkylation sites (tertiary alicyclic amines) is 2. The number of hydrogen-bond acceptors (Lipinski definition) is 4. The summed E-state index contributed by atoms with van der Waals surface area (Å²) in [5.74, 6) is 0.117. The molecule has 2 aliphatic rings. The van der Waals surface area contributed by atoms with Gasteiger partial charge in [0, 0.05) is 31.7 Å². The number of piperidine rings is 1. The van der Waals surface area contributed by atoms with Gasteiger partial charge < -0.3 is 14.3 Å². The highest BCUT2D eigenvalue weighted by Crippen LogP contribution is 2.41. The summed E-state index contributed by atoms with van der Waals surface area (Å²) >= 11 is 0. The zero-order valence-corrected chi connectivity index (χ0v) is 15.7. The van der Waals surface area contributed by atoms with Gasteiger partial charge in [-0.05, 0) is 25.7 Å². The van der Waals surface area contributed by atoms with Crippen molar-refractivity contribution in [3.8, 4) is 11.3 Å². The number of nitrogens with zero attached hydrogens (tertiary/aromatic N) is 3. The van der Waals surface area contributed by atoms with Crippen molar-refractivity contribution in [1.29, 1.82) is 0 Å². The number of rotatable bonds is 4. The Bertz CT molecular complexity index is 830. The first-order chi connectivity index (χ1) is 13.1. The molecule has 0 radical (unpaired) electrons. The molecule has 0 N–H and O–H groups in total. The lowest BCUT2D eigenvalue weighted by Crippen LogP contribution is -2.50. The molecule has 0 aliphatic carbocycles. The van der Waals surface area contributed by atoms with Crippen molar-refractivity contribution in [3.05, 3.63) is 42.2 Å². The van der Waals surface area contributed by atoms with Gasteiger partial charge in [0.25, 0.3) is 5.91 Å². The van der Waals surface area contributed by atoms with Gasteiger partial charge in [0.1, 0.15) is 17.5 Å². The number of carbonyl (C=O) groups is 2. The average Bonchev–Trinajstić information content (AvgIpc) is 3.34. The fraction of sp³-hybridized carbons (Fsp3) is 0.476. The monoisotopic (exact) mass is 367 g/mol. The highest BCUT2D eigenvalue weighted by Gasteiger charge is 2.49. The first kappa shape index (κ1) is 17.8. The summed E-state index contributed by atoms with van der Waals surface area (Å²) in [7, 11) is 0. The third-order valence-corrected chi connectivity index (χ3v) is 5.81. The van der Waals surface area contributed by atoms with Crippen LogP contribution in [0.15, 0.2) is 41.1 Å². The molecule has 142 valence electrons. The topological polar surface area (TPSA) is 66.7 Å². The van der Waals surface area contributed by atoms with Crippen LogP contribution in [0.5, 0.6) is 0 Å². The number of hydrogen-bond donors (Lipinski definition) is 0. The summed E-state index contributed by atoms with van der Waals surface area (Å²) in [6, 6.07) is 9.56. The van der Waals surface area contributed by atoms with Gasteiger partial charge in [-0.25, -0.2) is 0 Å². The molecule has 2 amide bonds. The van der Waals surface area contributed by atoms with Gasteiger partial charge in [-0.1, -0.05) is 42.4 Å². The molecule has 1 atom stereocenters. The summed E-state index contributed by atoms with van der Waals surface area (Å²) in [6.45, 7) is 4.83. The zero-order chi connectivity index (χ0) is 18.9. The maximum atomic E-state index is 13.1. The average molecular weight is 367 g/mol. The van der Waals surface area contributed by atoms with E-state index in [1.807, 2.05) is 35.2 Å². The lowest BCUT2D eigenvalue weighted by Gasteiger charge is -2.39. The van der Waals surface area contributed by atoms with E-state index in [1.165, 1.54) is 6.26 Å². The minimum Gasteiger partial charge on any atom is -0.363 e. The second-order valence-corrected chi connectivity index (χ2v) is 7.60. The van der Waals surface area contributed by atoms with Crippen molar-refractivity contribution in [2.75, 3.05) is 26.2 Å². The van der Waals surface area contributed by atoms with Gasteiger partial charge in [0.15, 0.2) is 0 Å². The zero-order valence-electron chi connectivity index (χ0n) is 15.7. The lowest BCUT2D eigenvalue weighted by molar-refractivity contribution is -0.145. The van der Waals surface area contributed by atoms with Crippen LogP contribution >= 0.6 is 0 Å². The Morgan fingerprint density at radius 1 is 1.22 bits per heavy atom. The summed E-state index contributed by atoms with van der Waals surface area (Å²) in [4.78, 5) is 30.0. The number of benzene rings is 1. The summed E-state index contributed by atoms with van der Waals surface area (Å²) < 4.78 is 5.12. The number of amides is 2. The van der Waals surface area contributed by atoms with E-state index < -0.39 is 5.41 Å². The fourth-order valence-corrected chi connectivity index (χ4v) is 4.42. The molecule has 6 heteroatoms. The molecule has 1 aromatic carbocycles. The van der Waals surface area contributed by atoms with Crippen molar-refractivity contribution < 1.29 is 14.1 Å². The predicted molar refractivity (Wildman–Crippen MR) is 101 cm³/mol. The van der Waals surface area contributed by atoms with E-state index in [0.29, 0.717) is 24.3 Å². The summed E-state index contributed by atoms with van der Waals surface area (Å²) in [6.07, 6.45) is 5.00. The molecule has 27 heavy (non-hydrogen) atoms. The third-order valence-electron chi connectivity index (χ3n) is 5.81. The Balaban J connectivity index is 1.54.